The molecule has 1 unspecified atom stereocenters. The SMILES string of the molecule is C1CC(C2CCC[N]2)C1. The Morgan fingerprint density at radius 2 is 1.89 bits per heavy atom. The second-order valence-electron chi connectivity index (χ2n) is 3.31. The van der Waals surface area contributed by atoms with Crippen LogP contribution < -0.4 is 5.32 Å². The summed E-state index contributed by atoms with van der Waals surface area (Å²) in [6, 6.07) is 0.791. The molecule has 1 nitrogen and oxygen atoms in total. The highest BCUT2D eigenvalue weighted by Gasteiger charge is 2.29. The van der Waals surface area contributed by atoms with Gasteiger partial charge in [-0.2, -0.15) is 0 Å². The summed E-state index contributed by atoms with van der Waals surface area (Å²) in [6.45, 7) is 1.15. The summed E-state index contributed by atoms with van der Waals surface area (Å²) in [4.78, 5) is 0. The van der Waals surface area contributed by atoms with Crippen molar-refractivity contribution in [3.8, 4) is 0 Å². The smallest absolute Gasteiger partial charge is 0.0274 e. The molecule has 0 spiro atoms. The first-order valence-electron chi connectivity index (χ1n) is 4.13. The van der Waals surface area contributed by atoms with E-state index in [1.807, 2.05) is 0 Å². The molecule has 0 aromatic heterocycles. The lowest BCUT2D eigenvalue weighted by Gasteiger charge is -2.30. The van der Waals surface area contributed by atoms with E-state index in [4.69, 9.17) is 0 Å². The van der Waals surface area contributed by atoms with Crippen LogP contribution in [0.4, 0.5) is 0 Å². The van der Waals surface area contributed by atoms with E-state index < -0.39 is 0 Å². The molecule has 2 fully saturated rings. The highest BCUT2D eigenvalue weighted by Crippen LogP contribution is 2.33. The molecule has 0 amide bonds. The molecule has 0 N–H and O–H groups in total. The largest absolute Gasteiger partial charge is 0.238 e. The van der Waals surface area contributed by atoms with Crippen LogP contribution in [0.5, 0.6) is 0 Å². The zero-order valence-electron chi connectivity index (χ0n) is 5.84. The molecule has 2 rings (SSSR count). The maximum Gasteiger partial charge on any atom is 0.0274 e. The maximum absolute atomic E-state index is 4.56. The van der Waals surface area contributed by atoms with Crippen LogP contribution in [0.2, 0.25) is 0 Å². The molecule has 51 valence electrons. The predicted octanol–water partition coefficient (Wildman–Crippen LogP) is 1.55. The zero-order chi connectivity index (χ0) is 6.10. The molecule has 2 aliphatic rings. The van der Waals surface area contributed by atoms with Crippen molar-refractivity contribution in [3.05, 3.63) is 0 Å². The number of hydrogen-bond donors (Lipinski definition) is 0. The summed E-state index contributed by atoms with van der Waals surface area (Å²) in [6.07, 6.45) is 7.16. The fourth-order valence-electron chi connectivity index (χ4n) is 1.86. The van der Waals surface area contributed by atoms with E-state index in [0.717, 1.165) is 18.5 Å². The monoisotopic (exact) mass is 124 g/mol. The minimum absolute atomic E-state index is 0.791. The molecule has 1 atom stereocenters. The molecule has 1 saturated heterocycles. The third-order valence-electron chi connectivity index (χ3n) is 2.72. The molecule has 1 radical (unpaired) electrons. The third kappa shape index (κ3) is 0.983. The van der Waals surface area contributed by atoms with Crippen molar-refractivity contribution in [1.82, 2.24) is 5.32 Å². The van der Waals surface area contributed by atoms with E-state index in [-0.39, 0.29) is 0 Å². The van der Waals surface area contributed by atoms with Crippen LogP contribution in [0.3, 0.4) is 0 Å². The Kier molecular flexibility index (Phi) is 1.46. The average Bonchev–Trinajstić information content (AvgIpc) is 2.11. The molecule has 0 aromatic rings. The molecule has 1 saturated carbocycles. The summed E-state index contributed by atoms with van der Waals surface area (Å²) < 4.78 is 0. The lowest BCUT2D eigenvalue weighted by molar-refractivity contribution is 0.243. The average molecular weight is 124 g/mol. The van der Waals surface area contributed by atoms with Crippen LogP contribution in [0.1, 0.15) is 32.1 Å². The van der Waals surface area contributed by atoms with Gasteiger partial charge in [-0.05, 0) is 31.6 Å². The van der Waals surface area contributed by atoms with Gasteiger partial charge in [0, 0.05) is 12.6 Å². The number of nitrogens with zero attached hydrogens (tertiary/aromatic N) is 1. The number of rotatable bonds is 1. The van der Waals surface area contributed by atoms with Gasteiger partial charge in [0.2, 0.25) is 0 Å². The first kappa shape index (κ1) is 5.72. The van der Waals surface area contributed by atoms with Gasteiger partial charge in [0.1, 0.15) is 0 Å². The van der Waals surface area contributed by atoms with Crippen LogP contribution in [0.15, 0.2) is 0 Å². The maximum atomic E-state index is 4.56. The molecule has 0 bridgehead atoms. The van der Waals surface area contributed by atoms with Gasteiger partial charge in [0.25, 0.3) is 0 Å². The first-order chi connectivity index (χ1) is 4.47. The van der Waals surface area contributed by atoms with Gasteiger partial charge in [-0.1, -0.05) is 6.42 Å². The van der Waals surface area contributed by atoms with Crippen molar-refractivity contribution in [2.24, 2.45) is 5.92 Å². The Morgan fingerprint density at radius 3 is 2.33 bits per heavy atom. The van der Waals surface area contributed by atoms with Crippen LogP contribution >= 0.6 is 0 Å². The second kappa shape index (κ2) is 2.30. The van der Waals surface area contributed by atoms with Gasteiger partial charge in [-0.25, -0.2) is 5.32 Å². The van der Waals surface area contributed by atoms with Crippen LogP contribution in [-0.2, 0) is 0 Å². The summed E-state index contributed by atoms with van der Waals surface area (Å²) in [5, 5.41) is 4.56. The van der Waals surface area contributed by atoms with E-state index in [1.165, 1.54) is 32.1 Å². The van der Waals surface area contributed by atoms with Crippen molar-refractivity contribution in [2.45, 2.75) is 38.1 Å². The molecular formula is C8H14N. The van der Waals surface area contributed by atoms with Crippen molar-refractivity contribution >= 4 is 0 Å². The van der Waals surface area contributed by atoms with E-state index in [1.54, 1.807) is 0 Å². The van der Waals surface area contributed by atoms with Gasteiger partial charge in [-0.3, -0.25) is 0 Å². The molecule has 9 heavy (non-hydrogen) atoms. The summed E-state index contributed by atoms with van der Waals surface area (Å²) in [7, 11) is 0. The van der Waals surface area contributed by atoms with Crippen LogP contribution in [0.25, 0.3) is 0 Å². The fraction of sp³-hybridized carbons (Fsp3) is 1.00. The van der Waals surface area contributed by atoms with E-state index >= 15 is 0 Å². The van der Waals surface area contributed by atoms with Crippen molar-refractivity contribution in [1.29, 1.82) is 0 Å². The fourth-order valence-corrected chi connectivity index (χ4v) is 1.86. The minimum Gasteiger partial charge on any atom is -0.238 e. The Labute approximate surface area is 56.8 Å². The van der Waals surface area contributed by atoms with E-state index in [0.29, 0.717) is 0 Å². The number of hydrogen-bond acceptors (Lipinski definition) is 0. The molecule has 1 aliphatic carbocycles. The minimum atomic E-state index is 0.791. The first-order valence-corrected chi connectivity index (χ1v) is 4.13. The standard InChI is InChI=1S/C8H14N/c1-3-7(4-1)8-5-2-6-9-8/h7-8H,1-6H2. The highest BCUT2D eigenvalue weighted by molar-refractivity contribution is 4.85. The summed E-state index contributed by atoms with van der Waals surface area (Å²) in [5.74, 6) is 1.01. The van der Waals surface area contributed by atoms with Crippen molar-refractivity contribution in [3.63, 3.8) is 0 Å². The van der Waals surface area contributed by atoms with Crippen molar-refractivity contribution < 1.29 is 0 Å². The van der Waals surface area contributed by atoms with Gasteiger partial charge < -0.3 is 0 Å². The normalized spacial score (nSPS) is 36.7. The Morgan fingerprint density at radius 1 is 1.00 bits per heavy atom. The van der Waals surface area contributed by atoms with Gasteiger partial charge in [0.15, 0.2) is 0 Å². The quantitative estimate of drug-likeness (QED) is 0.503. The Hall–Kier alpha value is -0.0400. The third-order valence-corrected chi connectivity index (χ3v) is 2.72. The molecule has 1 heterocycles. The Bertz CT molecular complexity index is 90.7. The second-order valence-corrected chi connectivity index (χ2v) is 3.31. The zero-order valence-corrected chi connectivity index (χ0v) is 5.84. The molecule has 0 aromatic carbocycles. The molecular weight excluding hydrogens is 110 g/mol. The van der Waals surface area contributed by atoms with Crippen LogP contribution in [0, 0.1) is 5.92 Å². The summed E-state index contributed by atoms with van der Waals surface area (Å²) in [5.41, 5.74) is 0. The van der Waals surface area contributed by atoms with Gasteiger partial charge in [-0.15, -0.1) is 0 Å². The lowest BCUT2D eigenvalue weighted by Crippen LogP contribution is -2.30. The molecule has 1 heteroatoms. The van der Waals surface area contributed by atoms with Gasteiger partial charge in [0.05, 0.1) is 0 Å². The van der Waals surface area contributed by atoms with E-state index in [2.05, 4.69) is 5.32 Å². The van der Waals surface area contributed by atoms with Crippen molar-refractivity contribution in [2.75, 3.05) is 6.54 Å². The Balaban J connectivity index is 1.82. The van der Waals surface area contributed by atoms with Crippen LogP contribution in [-0.4, -0.2) is 12.6 Å². The highest BCUT2D eigenvalue weighted by atomic mass is 14.9. The van der Waals surface area contributed by atoms with E-state index in [9.17, 15) is 0 Å². The topological polar surface area (TPSA) is 14.1 Å². The summed E-state index contributed by atoms with van der Waals surface area (Å²) >= 11 is 0. The lowest BCUT2D eigenvalue weighted by atomic mass is 9.79. The predicted molar refractivity (Wildman–Crippen MR) is 37.4 cm³/mol. The van der Waals surface area contributed by atoms with Gasteiger partial charge >= 0.3 is 0 Å². The molecule has 1 aliphatic heterocycles.